The van der Waals surface area contributed by atoms with Crippen LogP contribution in [-0.4, -0.2) is 31.2 Å². The summed E-state index contributed by atoms with van der Waals surface area (Å²) < 4.78 is 5.02. The first-order chi connectivity index (χ1) is 10.4. The van der Waals surface area contributed by atoms with Gasteiger partial charge in [0.1, 0.15) is 0 Å². The lowest BCUT2D eigenvalue weighted by atomic mass is 10.2. The molecule has 0 saturated heterocycles. The Morgan fingerprint density at radius 1 is 1.32 bits per heavy atom. The summed E-state index contributed by atoms with van der Waals surface area (Å²) in [7, 11) is 1.46. The minimum absolute atomic E-state index is 0.0820. The van der Waals surface area contributed by atoms with E-state index < -0.39 is 11.8 Å². The molecule has 1 aromatic rings. The van der Waals surface area contributed by atoms with Gasteiger partial charge in [-0.2, -0.15) is 5.10 Å². The largest absolute Gasteiger partial charge is 0.494 e. The van der Waals surface area contributed by atoms with Gasteiger partial charge in [-0.1, -0.05) is 30.1 Å². The molecule has 6 nitrogen and oxygen atoms in total. The highest BCUT2D eigenvalue weighted by atomic mass is 35.5. The van der Waals surface area contributed by atoms with Crippen LogP contribution in [0.5, 0.6) is 5.75 Å². The fraction of sp³-hybridized carbons (Fsp3) is 0.357. The number of methoxy groups -OCH3 is 1. The highest BCUT2D eigenvalue weighted by Gasteiger charge is 2.14. The van der Waals surface area contributed by atoms with Crippen LogP contribution in [0.1, 0.15) is 25.8 Å². The Bertz CT molecular complexity index is 568. The van der Waals surface area contributed by atoms with E-state index in [-0.39, 0.29) is 6.04 Å². The summed E-state index contributed by atoms with van der Waals surface area (Å²) >= 11 is 12.0. The summed E-state index contributed by atoms with van der Waals surface area (Å²) in [6.07, 6.45) is 2.05. The zero-order chi connectivity index (χ0) is 16.7. The second-order valence-electron chi connectivity index (χ2n) is 4.50. The number of carbonyl (C=O) groups is 2. The van der Waals surface area contributed by atoms with E-state index in [1.165, 1.54) is 13.3 Å². The first-order valence-corrected chi connectivity index (χ1v) is 7.31. The van der Waals surface area contributed by atoms with Gasteiger partial charge < -0.3 is 10.1 Å². The molecule has 0 aliphatic heterocycles. The second-order valence-corrected chi connectivity index (χ2v) is 5.31. The van der Waals surface area contributed by atoms with Crippen molar-refractivity contribution in [2.45, 2.75) is 26.3 Å². The van der Waals surface area contributed by atoms with Crippen LogP contribution in [0.25, 0.3) is 0 Å². The van der Waals surface area contributed by atoms with Gasteiger partial charge in [-0.3, -0.25) is 9.59 Å². The van der Waals surface area contributed by atoms with Crippen molar-refractivity contribution >= 4 is 41.2 Å². The summed E-state index contributed by atoms with van der Waals surface area (Å²) in [5.41, 5.74) is 2.68. The predicted molar refractivity (Wildman–Crippen MR) is 86.6 cm³/mol. The maximum absolute atomic E-state index is 11.5. The van der Waals surface area contributed by atoms with Crippen molar-refractivity contribution in [1.29, 1.82) is 0 Å². The minimum Gasteiger partial charge on any atom is -0.494 e. The molecule has 0 aliphatic rings. The number of nitrogens with zero attached hydrogens (tertiary/aromatic N) is 1. The Balaban J connectivity index is 2.66. The third-order valence-electron chi connectivity index (χ3n) is 2.80. The number of ether oxygens (including phenoxy) is 1. The topological polar surface area (TPSA) is 79.8 Å². The van der Waals surface area contributed by atoms with Gasteiger partial charge in [-0.15, -0.1) is 0 Å². The summed E-state index contributed by atoms with van der Waals surface area (Å²) in [5.74, 6) is -1.22. The van der Waals surface area contributed by atoms with Crippen LogP contribution < -0.4 is 15.5 Å². The Morgan fingerprint density at radius 3 is 2.41 bits per heavy atom. The highest BCUT2D eigenvalue weighted by Crippen LogP contribution is 2.33. The Kier molecular flexibility index (Phi) is 7.14. The fourth-order valence-electron chi connectivity index (χ4n) is 1.46. The fourth-order valence-corrected chi connectivity index (χ4v) is 2.11. The molecule has 0 spiro atoms. The molecule has 0 bridgehead atoms. The van der Waals surface area contributed by atoms with E-state index in [0.717, 1.165) is 6.42 Å². The lowest BCUT2D eigenvalue weighted by Crippen LogP contribution is -2.41. The number of hydrazone groups is 1. The number of halogens is 2. The standard InChI is InChI=1S/C14H17Cl2N3O3/c1-4-8(2)18-13(20)14(21)19-17-7-9-5-10(15)12(22-3)11(16)6-9/h5-8H,4H2,1-3H3,(H,18,20)(H,19,21)/b17-7-/t8-/m0/s1. The van der Waals surface area contributed by atoms with Gasteiger partial charge in [0, 0.05) is 6.04 Å². The molecular formula is C14H17Cl2N3O3. The number of benzene rings is 1. The molecule has 22 heavy (non-hydrogen) atoms. The van der Waals surface area contributed by atoms with E-state index in [1.54, 1.807) is 19.1 Å². The van der Waals surface area contributed by atoms with Crippen molar-refractivity contribution in [2.24, 2.45) is 5.10 Å². The molecule has 0 aromatic heterocycles. The van der Waals surface area contributed by atoms with E-state index in [9.17, 15) is 9.59 Å². The van der Waals surface area contributed by atoms with Crippen LogP contribution in [0.4, 0.5) is 0 Å². The van der Waals surface area contributed by atoms with Gasteiger partial charge in [-0.05, 0) is 31.0 Å². The molecule has 2 N–H and O–H groups in total. The lowest BCUT2D eigenvalue weighted by Gasteiger charge is -2.09. The molecule has 0 saturated carbocycles. The SMILES string of the molecule is CC[C@H](C)NC(=O)C(=O)N/N=C\c1cc(Cl)c(OC)c(Cl)c1. The van der Waals surface area contributed by atoms with Crippen LogP contribution in [0.15, 0.2) is 17.2 Å². The Hall–Kier alpha value is -1.79. The van der Waals surface area contributed by atoms with Crippen LogP contribution in [0.2, 0.25) is 10.0 Å². The molecule has 2 amide bonds. The quantitative estimate of drug-likeness (QED) is 0.488. The summed E-state index contributed by atoms with van der Waals surface area (Å²) in [6, 6.07) is 3.06. The average molecular weight is 346 g/mol. The zero-order valence-electron chi connectivity index (χ0n) is 12.4. The second kappa shape index (κ2) is 8.60. The van der Waals surface area contributed by atoms with Gasteiger partial charge in [0.2, 0.25) is 0 Å². The summed E-state index contributed by atoms with van der Waals surface area (Å²) in [6.45, 7) is 3.70. The summed E-state index contributed by atoms with van der Waals surface area (Å²) in [4.78, 5) is 23.0. The van der Waals surface area contributed by atoms with E-state index in [0.29, 0.717) is 21.4 Å². The smallest absolute Gasteiger partial charge is 0.329 e. The summed E-state index contributed by atoms with van der Waals surface area (Å²) in [5, 5.41) is 6.85. The maximum Gasteiger partial charge on any atom is 0.329 e. The van der Waals surface area contributed by atoms with Crippen molar-refractivity contribution < 1.29 is 14.3 Å². The van der Waals surface area contributed by atoms with Crippen molar-refractivity contribution in [3.8, 4) is 5.75 Å². The first-order valence-electron chi connectivity index (χ1n) is 6.56. The van der Waals surface area contributed by atoms with Gasteiger partial charge in [-0.25, -0.2) is 5.43 Å². The highest BCUT2D eigenvalue weighted by molar-refractivity contribution is 6.37. The molecule has 1 aromatic carbocycles. The number of amides is 2. The first kappa shape index (κ1) is 18.3. The van der Waals surface area contributed by atoms with E-state index in [1.807, 2.05) is 6.92 Å². The third-order valence-corrected chi connectivity index (χ3v) is 3.36. The molecular weight excluding hydrogens is 329 g/mol. The molecule has 0 heterocycles. The van der Waals surface area contributed by atoms with Crippen molar-refractivity contribution in [3.05, 3.63) is 27.7 Å². The zero-order valence-corrected chi connectivity index (χ0v) is 14.0. The normalized spacial score (nSPS) is 12.0. The van der Waals surface area contributed by atoms with Crippen molar-refractivity contribution in [1.82, 2.24) is 10.7 Å². The minimum atomic E-state index is -0.845. The predicted octanol–water partition coefficient (Wildman–Crippen LogP) is 2.37. The molecule has 0 fully saturated rings. The van der Waals surface area contributed by atoms with E-state index in [4.69, 9.17) is 27.9 Å². The molecule has 1 rings (SSSR count). The molecule has 0 unspecified atom stereocenters. The Morgan fingerprint density at radius 2 is 1.91 bits per heavy atom. The van der Waals surface area contributed by atoms with Gasteiger partial charge in [0.15, 0.2) is 5.75 Å². The number of nitrogens with one attached hydrogen (secondary N) is 2. The average Bonchev–Trinajstić information content (AvgIpc) is 2.46. The number of hydrogen-bond acceptors (Lipinski definition) is 4. The van der Waals surface area contributed by atoms with Gasteiger partial charge in [0.25, 0.3) is 0 Å². The van der Waals surface area contributed by atoms with Crippen LogP contribution in [-0.2, 0) is 9.59 Å². The van der Waals surface area contributed by atoms with Gasteiger partial charge in [0.05, 0.1) is 23.4 Å². The number of rotatable bonds is 5. The Labute approximate surface area is 138 Å². The van der Waals surface area contributed by atoms with Crippen LogP contribution >= 0.6 is 23.2 Å². The van der Waals surface area contributed by atoms with Crippen molar-refractivity contribution in [2.75, 3.05) is 7.11 Å². The molecule has 1 atom stereocenters. The van der Waals surface area contributed by atoms with Crippen molar-refractivity contribution in [3.63, 3.8) is 0 Å². The lowest BCUT2D eigenvalue weighted by molar-refractivity contribution is -0.139. The molecule has 8 heteroatoms. The molecule has 0 radical (unpaired) electrons. The molecule has 120 valence electrons. The van der Waals surface area contributed by atoms with E-state index >= 15 is 0 Å². The van der Waals surface area contributed by atoms with E-state index in [2.05, 4.69) is 15.8 Å². The van der Waals surface area contributed by atoms with Gasteiger partial charge >= 0.3 is 11.8 Å². The third kappa shape index (κ3) is 5.20. The number of hydrogen-bond donors (Lipinski definition) is 2. The molecule has 0 aliphatic carbocycles. The number of carbonyl (C=O) groups excluding carboxylic acids is 2. The van der Waals surface area contributed by atoms with Crippen LogP contribution in [0, 0.1) is 0 Å². The maximum atomic E-state index is 11.5. The monoisotopic (exact) mass is 345 g/mol. The van der Waals surface area contributed by atoms with Crippen LogP contribution in [0.3, 0.4) is 0 Å².